The molecular weight excluding hydrogens is 434 g/mol. The number of hydrogen-bond acceptors (Lipinski definition) is 1. The smallest absolute Gasteiger partial charge is 0.0708 e. The van der Waals surface area contributed by atoms with Crippen LogP contribution in [0.2, 0.25) is 0 Å². The zero-order valence-electron chi connectivity index (χ0n) is 23.9. The molecule has 4 aliphatic carbocycles. The molecule has 0 bridgehead atoms. The summed E-state index contributed by atoms with van der Waals surface area (Å²) in [5, 5.41) is 1.35. The first-order valence-corrected chi connectivity index (χ1v) is 15.3. The minimum absolute atomic E-state index is 0.326. The highest BCUT2D eigenvalue weighted by atomic mass is 14.7. The van der Waals surface area contributed by atoms with Crippen LogP contribution in [-0.4, -0.2) is 4.98 Å². The topological polar surface area (TPSA) is 12.9 Å². The van der Waals surface area contributed by atoms with Gasteiger partial charge in [-0.1, -0.05) is 78.2 Å². The van der Waals surface area contributed by atoms with E-state index in [0.29, 0.717) is 10.8 Å². The van der Waals surface area contributed by atoms with Crippen LogP contribution in [0, 0.1) is 53.3 Å². The Kier molecular flexibility index (Phi) is 6.17. The number of pyridine rings is 1. The monoisotopic (exact) mass is 483 g/mol. The van der Waals surface area contributed by atoms with Gasteiger partial charge in [-0.15, -0.1) is 0 Å². The molecule has 1 aromatic carbocycles. The number of hydrogen-bond donors (Lipinski definition) is 0. The van der Waals surface area contributed by atoms with Crippen molar-refractivity contribution >= 4 is 16.5 Å². The van der Waals surface area contributed by atoms with Gasteiger partial charge < -0.3 is 0 Å². The third kappa shape index (κ3) is 3.65. The van der Waals surface area contributed by atoms with Gasteiger partial charge in [0, 0.05) is 16.6 Å². The van der Waals surface area contributed by atoms with Crippen molar-refractivity contribution in [2.24, 2.45) is 46.3 Å². The van der Waals surface area contributed by atoms with Gasteiger partial charge in [0.2, 0.25) is 0 Å². The molecule has 1 nitrogen and oxygen atoms in total. The minimum Gasteiger partial charge on any atom is -0.252 e. The molecule has 3 unspecified atom stereocenters. The third-order valence-electron chi connectivity index (χ3n) is 12.0. The van der Waals surface area contributed by atoms with E-state index in [1.165, 1.54) is 85.5 Å². The predicted octanol–water partition coefficient (Wildman–Crippen LogP) is 9.80. The highest BCUT2D eigenvalue weighted by Crippen LogP contribution is 2.68. The molecule has 0 radical (unpaired) electrons. The van der Waals surface area contributed by atoms with Crippen molar-refractivity contribution in [2.75, 3.05) is 0 Å². The number of nitrogens with zero attached hydrogens (tertiary/aromatic N) is 1. The zero-order valence-corrected chi connectivity index (χ0v) is 23.9. The molecule has 2 aromatic rings. The maximum absolute atomic E-state index is 5.19. The molecule has 0 spiro atoms. The molecule has 2 saturated carbocycles. The van der Waals surface area contributed by atoms with E-state index in [1.54, 1.807) is 5.57 Å². The number of benzene rings is 1. The van der Waals surface area contributed by atoms with Crippen LogP contribution in [0.15, 0.2) is 30.3 Å². The molecular formula is C35H49N. The first-order valence-electron chi connectivity index (χ1n) is 15.3. The van der Waals surface area contributed by atoms with E-state index >= 15 is 0 Å². The van der Waals surface area contributed by atoms with Gasteiger partial charge in [0.05, 0.1) is 5.52 Å². The summed E-state index contributed by atoms with van der Waals surface area (Å²) in [6.45, 7) is 15.1. The largest absolute Gasteiger partial charge is 0.252 e. The fourth-order valence-corrected chi connectivity index (χ4v) is 10.2. The minimum atomic E-state index is 0.326. The summed E-state index contributed by atoms with van der Waals surface area (Å²) in [6.07, 6.45) is 16.6. The molecule has 1 aromatic heterocycles. The normalized spacial score (nSPS) is 36.1. The summed E-state index contributed by atoms with van der Waals surface area (Å²) in [7, 11) is 0. The van der Waals surface area contributed by atoms with Crippen LogP contribution in [0.25, 0.3) is 16.5 Å². The van der Waals surface area contributed by atoms with Gasteiger partial charge in [0.1, 0.15) is 0 Å². The maximum atomic E-state index is 5.19. The van der Waals surface area contributed by atoms with Crippen molar-refractivity contribution in [3.8, 4) is 0 Å². The lowest BCUT2D eigenvalue weighted by Gasteiger charge is -2.58. The Bertz CT molecular complexity index is 1170. The Morgan fingerprint density at radius 3 is 2.58 bits per heavy atom. The first kappa shape index (κ1) is 24.7. The Labute approximate surface area is 220 Å². The summed E-state index contributed by atoms with van der Waals surface area (Å²) in [5.74, 6) is 5.36. The lowest BCUT2D eigenvalue weighted by molar-refractivity contribution is -0.0393. The maximum Gasteiger partial charge on any atom is 0.0708 e. The first-order chi connectivity index (χ1) is 17.2. The standard InChI is InChI=1S/C35H49N/c1-22(2)10-9-11-23(3)27-16-17-28-26-14-15-30-33-24(4)25-12-7-8-13-31(25)36-32(33)19-21-35(30,6)29(26)18-20-34(27,28)5/h7-8,12-13,15,22-23,26-29H,9-11,14,16-21H2,1-6H3/t23-,26?,27-,28?,29?,34-,35-/m1/s1. The lowest BCUT2D eigenvalue weighted by atomic mass is 9.46. The quantitative estimate of drug-likeness (QED) is 0.412. The van der Waals surface area contributed by atoms with Crippen molar-refractivity contribution in [3.63, 3.8) is 0 Å². The van der Waals surface area contributed by atoms with E-state index in [4.69, 9.17) is 4.98 Å². The summed E-state index contributed by atoms with van der Waals surface area (Å²) >= 11 is 0. The molecule has 2 fully saturated rings. The SMILES string of the molecule is Cc1c2c(nc3ccccc13)CC[C@@]1(C)C2=CCC2C1CC[C@@]1(C)C2CC[C@@H]1[C@H](C)CCCC(C)C. The Morgan fingerprint density at radius 2 is 1.78 bits per heavy atom. The molecule has 0 amide bonds. The Hall–Kier alpha value is -1.63. The predicted molar refractivity (Wildman–Crippen MR) is 154 cm³/mol. The second-order valence-corrected chi connectivity index (χ2v) is 14.3. The fourth-order valence-electron chi connectivity index (χ4n) is 10.2. The van der Waals surface area contributed by atoms with Crippen LogP contribution in [0.5, 0.6) is 0 Å². The van der Waals surface area contributed by atoms with Crippen LogP contribution in [-0.2, 0) is 6.42 Å². The highest BCUT2D eigenvalue weighted by Gasteiger charge is 2.59. The molecule has 1 heteroatoms. The van der Waals surface area contributed by atoms with Crippen LogP contribution >= 0.6 is 0 Å². The number of aromatic nitrogens is 1. The van der Waals surface area contributed by atoms with E-state index in [-0.39, 0.29) is 0 Å². The van der Waals surface area contributed by atoms with Crippen molar-refractivity contribution in [2.45, 2.75) is 106 Å². The molecule has 7 atom stereocenters. The number of fused-ring (bicyclic) bond motifs is 8. The van der Waals surface area contributed by atoms with Crippen molar-refractivity contribution in [3.05, 3.63) is 47.2 Å². The average Bonchev–Trinajstić information content (AvgIpc) is 3.21. The fraction of sp³-hybridized carbons (Fsp3) is 0.686. The number of allylic oxidation sites excluding steroid dienone is 2. The van der Waals surface area contributed by atoms with Crippen LogP contribution < -0.4 is 0 Å². The van der Waals surface area contributed by atoms with E-state index in [1.807, 2.05) is 0 Å². The van der Waals surface area contributed by atoms with E-state index < -0.39 is 0 Å². The molecule has 0 aliphatic heterocycles. The third-order valence-corrected chi connectivity index (χ3v) is 12.0. The summed E-state index contributed by atoms with van der Waals surface area (Å²) in [4.78, 5) is 5.19. The van der Waals surface area contributed by atoms with E-state index in [2.05, 4.69) is 71.9 Å². The molecule has 1 heterocycles. The van der Waals surface area contributed by atoms with Crippen molar-refractivity contribution < 1.29 is 0 Å². The lowest BCUT2D eigenvalue weighted by Crippen LogP contribution is -2.50. The Morgan fingerprint density at radius 1 is 0.972 bits per heavy atom. The van der Waals surface area contributed by atoms with Gasteiger partial charge in [-0.2, -0.15) is 0 Å². The molecule has 0 saturated heterocycles. The average molecular weight is 484 g/mol. The summed E-state index contributed by atoms with van der Waals surface area (Å²) < 4.78 is 0. The van der Waals surface area contributed by atoms with Gasteiger partial charge in [-0.25, -0.2) is 0 Å². The van der Waals surface area contributed by atoms with Gasteiger partial charge in [0.15, 0.2) is 0 Å². The van der Waals surface area contributed by atoms with Gasteiger partial charge >= 0.3 is 0 Å². The van der Waals surface area contributed by atoms with E-state index in [0.717, 1.165) is 41.9 Å². The Balaban J connectivity index is 1.30. The number of para-hydroxylation sites is 1. The van der Waals surface area contributed by atoms with E-state index in [9.17, 15) is 0 Å². The van der Waals surface area contributed by atoms with Crippen molar-refractivity contribution in [1.82, 2.24) is 4.98 Å². The highest BCUT2D eigenvalue weighted by molar-refractivity contribution is 5.90. The van der Waals surface area contributed by atoms with Crippen molar-refractivity contribution in [1.29, 1.82) is 0 Å². The molecule has 6 rings (SSSR count). The second kappa shape index (κ2) is 8.99. The van der Waals surface area contributed by atoms with Crippen LogP contribution in [0.3, 0.4) is 0 Å². The summed E-state index contributed by atoms with van der Waals surface area (Å²) in [6, 6.07) is 8.80. The number of aryl methyl sites for hydroxylation is 2. The molecule has 36 heavy (non-hydrogen) atoms. The second-order valence-electron chi connectivity index (χ2n) is 14.3. The molecule has 194 valence electrons. The summed E-state index contributed by atoms with van der Waals surface area (Å²) in [5.41, 5.74) is 8.11. The molecule has 0 N–H and O–H groups in total. The van der Waals surface area contributed by atoms with Gasteiger partial charge in [0.25, 0.3) is 0 Å². The number of rotatable bonds is 5. The van der Waals surface area contributed by atoms with Gasteiger partial charge in [-0.3, -0.25) is 4.98 Å². The molecule has 4 aliphatic rings. The van der Waals surface area contributed by atoms with Crippen LogP contribution in [0.4, 0.5) is 0 Å². The van der Waals surface area contributed by atoms with Crippen LogP contribution in [0.1, 0.15) is 109 Å². The zero-order chi connectivity index (χ0) is 25.2. The van der Waals surface area contributed by atoms with Gasteiger partial charge in [-0.05, 0) is 115 Å².